The topological polar surface area (TPSA) is 69.2 Å². The zero-order valence-electron chi connectivity index (χ0n) is 12.3. The van der Waals surface area contributed by atoms with Crippen LogP contribution in [-0.2, 0) is 0 Å². The molecule has 2 N–H and O–H groups in total. The standard InChI is InChI=1S/C17H20N2O2/c1-3-16(13-7-5-4-6-8-13)17(18)14-9-12(2)10-15(11-14)19(20)21/h4-11,16-17H,3,18H2,1-2H3. The average Bonchev–Trinajstić information content (AvgIpc) is 2.48. The lowest BCUT2D eigenvalue weighted by Crippen LogP contribution is -2.19. The Morgan fingerprint density at radius 3 is 2.38 bits per heavy atom. The minimum absolute atomic E-state index is 0.100. The van der Waals surface area contributed by atoms with E-state index < -0.39 is 0 Å². The van der Waals surface area contributed by atoms with Gasteiger partial charge in [-0.1, -0.05) is 43.3 Å². The number of rotatable bonds is 5. The SMILES string of the molecule is CCC(c1ccccc1)C(N)c1cc(C)cc([N+](=O)[O-])c1. The van der Waals surface area contributed by atoms with E-state index in [1.54, 1.807) is 12.1 Å². The molecule has 4 heteroatoms. The van der Waals surface area contributed by atoms with E-state index in [-0.39, 0.29) is 22.6 Å². The second-order valence-corrected chi connectivity index (χ2v) is 5.31. The number of non-ortho nitro benzene ring substituents is 1. The summed E-state index contributed by atoms with van der Waals surface area (Å²) in [5.41, 5.74) is 9.34. The van der Waals surface area contributed by atoms with Crippen LogP contribution in [0, 0.1) is 17.0 Å². The van der Waals surface area contributed by atoms with Crippen molar-refractivity contribution in [3.8, 4) is 0 Å². The average molecular weight is 284 g/mol. The van der Waals surface area contributed by atoms with E-state index in [2.05, 4.69) is 19.1 Å². The monoisotopic (exact) mass is 284 g/mol. The Balaban J connectivity index is 2.38. The van der Waals surface area contributed by atoms with E-state index in [9.17, 15) is 10.1 Å². The lowest BCUT2D eigenvalue weighted by atomic mass is 9.85. The van der Waals surface area contributed by atoms with Gasteiger partial charge in [0.1, 0.15) is 0 Å². The maximum Gasteiger partial charge on any atom is 0.270 e. The smallest absolute Gasteiger partial charge is 0.270 e. The molecule has 0 aliphatic carbocycles. The molecular formula is C17H20N2O2. The number of nitrogens with two attached hydrogens (primary N) is 1. The van der Waals surface area contributed by atoms with E-state index in [4.69, 9.17) is 5.73 Å². The van der Waals surface area contributed by atoms with Crippen molar-refractivity contribution in [1.82, 2.24) is 0 Å². The molecule has 0 aliphatic heterocycles. The first kappa shape index (κ1) is 15.2. The summed E-state index contributed by atoms with van der Waals surface area (Å²) in [6, 6.07) is 14.9. The minimum atomic E-state index is -0.368. The van der Waals surface area contributed by atoms with Gasteiger partial charge in [0.2, 0.25) is 0 Å². The van der Waals surface area contributed by atoms with Gasteiger partial charge in [0.15, 0.2) is 0 Å². The van der Waals surface area contributed by atoms with Gasteiger partial charge >= 0.3 is 0 Å². The molecule has 0 spiro atoms. The van der Waals surface area contributed by atoms with E-state index >= 15 is 0 Å². The van der Waals surface area contributed by atoms with Gasteiger partial charge in [-0.2, -0.15) is 0 Å². The van der Waals surface area contributed by atoms with E-state index in [1.807, 2.05) is 31.2 Å². The maximum atomic E-state index is 11.0. The third-order valence-corrected chi connectivity index (χ3v) is 3.78. The second-order valence-electron chi connectivity index (χ2n) is 5.31. The van der Waals surface area contributed by atoms with Crippen LogP contribution in [0.2, 0.25) is 0 Å². The molecule has 2 rings (SSSR count). The quantitative estimate of drug-likeness (QED) is 0.664. The molecule has 4 nitrogen and oxygen atoms in total. The molecule has 0 saturated carbocycles. The number of hydrogen-bond acceptors (Lipinski definition) is 3. The lowest BCUT2D eigenvalue weighted by Gasteiger charge is -2.23. The molecule has 2 unspecified atom stereocenters. The van der Waals surface area contributed by atoms with Crippen LogP contribution < -0.4 is 5.73 Å². The maximum absolute atomic E-state index is 11.0. The molecule has 0 saturated heterocycles. The number of nitro benzene ring substituents is 1. The molecule has 0 aliphatic rings. The Hall–Kier alpha value is -2.20. The highest BCUT2D eigenvalue weighted by molar-refractivity contribution is 5.41. The van der Waals surface area contributed by atoms with Gasteiger partial charge in [-0.05, 0) is 30.0 Å². The summed E-state index contributed by atoms with van der Waals surface area (Å²) in [5, 5.41) is 11.0. The van der Waals surface area contributed by atoms with Gasteiger partial charge in [-0.15, -0.1) is 0 Å². The highest BCUT2D eigenvalue weighted by Gasteiger charge is 2.21. The van der Waals surface area contributed by atoms with Crippen LogP contribution >= 0.6 is 0 Å². The highest BCUT2D eigenvalue weighted by atomic mass is 16.6. The molecule has 2 aromatic rings. The van der Waals surface area contributed by atoms with E-state index in [0.29, 0.717) is 0 Å². The summed E-state index contributed by atoms with van der Waals surface area (Å²) in [6.45, 7) is 3.94. The zero-order valence-corrected chi connectivity index (χ0v) is 12.3. The minimum Gasteiger partial charge on any atom is -0.323 e. The number of nitro groups is 1. The molecule has 0 heterocycles. The van der Waals surface area contributed by atoms with Crippen molar-refractivity contribution >= 4 is 5.69 Å². The van der Waals surface area contributed by atoms with E-state index in [1.165, 1.54) is 0 Å². The summed E-state index contributed by atoms with van der Waals surface area (Å²) in [5.74, 6) is 0.146. The van der Waals surface area contributed by atoms with E-state index in [0.717, 1.165) is 23.1 Å². The molecule has 110 valence electrons. The van der Waals surface area contributed by atoms with Gasteiger partial charge < -0.3 is 5.73 Å². The van der Waals surface area contributed by atoms with Crippen molar-refractivity contribution in [2.45, 2.75) is 32.2 Å². The highest BCUT2D eigenvalue weighted by Crippen LogP contribution is 2.33. The second kappa shape index (κ2) is 6.50. The number of nitrogens with zero attached hydrogens (tertiary/aromatic N) is 1. The van der Waals surface area contributed by atoms with Crippen molar-refractivity contribution in [3.05, 3.63) is 75.3 Å². The van der Waals surface area contributed by atoms with Gasteiger partial charge in [0.05, 0.1) is 4.92 Å². The zero-order chi connectivity index (χ0) is 15.4. The molecule has 2 aromatic carbocycles. The summed E-state index contributed by atoms with van der Waals surface area (Å²) in [7, 11) is 0. The Bertz CT molecular complexity index is 626. The van der Waals surface area contributed by atoms with Crippen molar-refractivity contribution < 1.29 is 4.92 Å². The molecule has 0 amide bonds. The predicted octanol–water partition coefficient (Wildman–Crippen LogP) is 4.10. The molecule has 0 fully saturated rings. The molecule has 21 heavy (non-hydrogen) atoms. The van der Waals surface area contributed by atoms with Crippen molar-refractivity contribution in [1.29, 1.82) is 0 Å². The summed E-state index contributed by atoms with van der Waals surface area (Å²) >= 11 is 0. The number of hydrogen-bond donors (Lipinski definition) is 1. The largest absolute Gasteiger partial charge is 0.323 e. The van der Waals surface area contributed by atoms with Crippen LogP contribution in [0.1, 0.15) is 42.0 Å². The molecular weight excluding hydrogens is 264 g/mol. The Kier molecular flexibility index (Phi) is 4.70. The van der Waals surface area contributed by atoms with Gasteiger partial charge in [-0.3, -0.25) is 10.1 Å². The molecule has 0 aromatic heterocycles. The van der Waals surface area contributed by atoms with Gasteiger partial charge in [0, 0.05) is 24.1 Å². The third kappa shape index (κ3) is 3.47. The molecule has 2 atom stereocenters. The lowest BCUT2D eigenvalue weighted by molar-refractivity contribution is -0.385. The van der Waals surface area contributed by atoms with Crippen LogP contribution in [0.25, 0.3) is 0 Å². The van der Waals surface area contributed by atoms with Crippen LogP contribution in [0.5, 0.6) is 0 Å². The van der Waals surface area contributed by atoms with Crippen molar-refractivity contribution in [2.24, 2.45) is 5.73 Å². The fourth-order valence-corrected chi connectivity index (χ4v) is 2.72. The van der Waals surface area contributed by atoms with Gasteiger partial charge in [-0.25, -0.2) is 0 Å². The first-order valence-electron chi connectivity index (χ1n) is 7.09. The van der Waals surface area contributed by atoms with Crippen LogP contribution in [-0.4, -0.2) is 4.92 Å². The Morgan fingerprint density at radius 1 is 1.14 bits per heavy atom. The summed E-state index contributed by atoms with van der Waals surface area (Å²) in [6.07, 6.45) is 0.882. The normalized spacial score (nSPS) is 13.7. The fraction of sp³-hybridized carbons (Fsp3) is 0.294. The number of aryl methyl sites for hydroxylation is 1. The van der Waals surface area contributed by atoms with Crippen molar-refractivity contribution in [3.63, 3.8) is 0 Å². The van der Waals surface area contributed by atoms with Crippen molar-refractivity contribution in [2.75, 3.05) is 0 Å². The van der Waals surface area contributed by atoms with Crippen LogP contribution in [0.3, 0.4) is 0 Å². The predicted molar refractivity (Wildman–Crippen MR) is 84.2 cm³/mol. The third-order valence-electron chi connectivity index (χ3n) is 3.78. The fourth-order valence-electron chi connectivity index (χ4n) is 2.72. The summed E-state index contributed by atoms with van der Waals surface area (Å²) < 4.78 is 0. The first-order chi connectivity index (χ1) is 10.0. The molecule has 0 bridgehead atoms. The molecule has 0 radical (unpaired) electrons. The van der Waals surface area contributed by atoms with Gasteiger partial charge in [0.25, 0.3) is 5.69 Å². The summed E-state index contributed by atoms with van der Waals surface area (Å²) in [4.78, 5) is 10.6. The Labute approximate surface area is 124 Å². The van der Waals surface area contributed by atoms with Crippen LogP contribution in [0.15, 0.2) is 48.5 Å². The number of benzene rings is 2. The van der Waals surface area contributed by atoms with Crippen LogP contribution in [0.4, 0.5) is 5.69 Å². The first-order valence-corrected chi connectivity index (χ1v) is 7.09. The Morgan fingerprint density at radius 2 is 1.81 bits per heavy atom.